The maximum Gasteiger partial charge on any atom is 0.251 e. The highest BCUT2D eigenvalue weighted by Gasteiger charge is 2.24. The first kappa shape index (κ1) is 20.2. The summed E-state index contributed by atoms with van der Waals surface area (Å²) in [7, 11) is 0. The largest absolute Gasteiger partial charge is 0.490 e. The number of nitrogens with one attached hydrogen (secondary N) is 1. The molecule has 0 saturated heterocycles. The average molecular weight is 420 g/mol. The molecule has 3 N–H and O–H groups in total. The van der Waals surface area contributed by atoms with Crippen molar-refractivity contribution in [3.05, 3.63) is 89.3 Å². The van der Waals surface area contributed by atoms with Crippen LogP contribution in [0.1, 0.15) is 22.3 Å². The highest BCUT2D eigenvalue weighted by atomic mass is 32.2. The first-order valence-corrected chi connectivity index (χ1v) is 11.2. The van der Waals surface area contributed by atoms with Gasteiger partial charge >= 0.3 is 0 Å². The predicted molar refractivity (Wildman–Crippen MR) is 123 cm³/mol. The Labute approximate surface area is 181 Å². The van der Waals surface area contributed by atoms with Crippen molar-refractivity contribution >= 4 is 23.4 Å². The summed E-state index contributed by atoms with van der Waals surface area (Å²) in [5.41, 5.74) is 10.6. The normalized spacial score (nSPS) is 16.6. The summed E-state index contributed by atoms with van der Waals surface area (Å²) in [5.74, 6) is 0.597. The molecule has 2 aliphatic rings. The number of hydrogen-bond acceptors (Lipinski definition) is 5. The highest BCUT2D eigenvalue weighted by molar-refractivity contribution is 7.98. The van der Waals surface area contributed by atoms with E-state index in [4.69, 9.17) is 10.5 Å². The summed E-state index contributed by atoms with van der Waals surface area (Å²) >= 11 is 1.70. The molecule has 0 fully saturated rings. The standard InChI is InChI=1S/C24H25N3O2S/c1-30-20-9-6-17(7-10-20)16-26-24(28)18-8-11-22-23(14-18)29-13-12-27(22)21-5-3-2-4-19(21)15-25/h2-3,5-11,14-15H,4,12-13,16,25H2,1H3,(H,26,28)/b19-15+. The lowest BCUT2D eigenvalue weighted by atomic mass is 10.0. The molecule has 154 valence electrons. The van der Waals surface area contributed by atoms with Gasteiger partial charge in [-0.1, -0.05) is 24.3 Å². The first-order chi connectivity index (χ1) is 14.7. The van der Waals surface area contributed by atoms with Crippen molar-refractivity contribution in [1.82, 2.24) is 5.32 Å². The van der Waals surface area contributed by atoms with Crippen LogP contribution in [0.25, 0.3) is 0 Å². The summed E-state index contributed by atoms with van der Waals surface area (Å²) in [4.78, 5) is 16.1. The Morgan fingerprint density at radius 3 is 2.87 bits per heavy atom. The number of thioether (sulfide) groups is 1. The van der Waals surface area contributed by atoms with E-state index < -0.39 is 0 Å². The Kier molecular flexibility index (Phi) is 6.14. The van der Waals surface area contributed by atoms with Gasteiger partial charge in [0.1, 0.15) is 12.4 Å². The lowest BCUT2D eigenvalue weighted by Gasteiger charge is -2.34. The fourth-order valence-corrected chi connectivity index (χ4v) is 4.03. The summed E-state index contributed by atoms with van der Waals surface area (Å²) in [6.45, 7) is 1.78. The first-order valence-electron chi connectivity index (χ1n) is 9.93. The molecule has 0 spiro atoms. The fourth-order valence-electron chi connectivity index (χ4n) is 3.62. The van der Waals surface area contributed by atoms with E-state index in [0.29, 0.717) is 24.5 Å². The van der Waals surface area contributed by atoms with Crippen LogP contribution in [0.2, 0.25) is 0 Å². The van der Waals surface area contributed by atoms with E-state index in [-0.39, 0.29) is 5.91 Å². The van der Waals surface area contributed by atoms with Gasteiger partial charge in [0.2, 0.25) is 0 Å². The topological polar surface area (TPSA) is 67.6 Å². The van der Waals surface area contributed by atoms with Crippen LogP contribution in [-0.4, -0.2) is 25.3 Å². The van der Waals surface area contributed by atoms with Crippen LogP contribution >= 0.6 is 11.8 Å². The van der Waals surface area contributed by atoms with Crippen LogP contribution < -0.4 is 20.7 Å². The van der Waals surface area contributed by atoms with E-state index in [2.05, 4.69) is 34.5 Å². The van der Waals surface area contributed by atoms with E-state index in [1.165, 1.54) is 4.90 Å². The van der Waals surface area contributed by atoms with Gasteiger partial charge in [-0.3, -0.25) is 4.79 Å². The number of carbonyl (C=O) groups excluding carboxylic acids is 1. The monoisotopic (exact) mass is 419 g/mol. The number of hydrogen-bond donors (Lipinski definition) is 2. The molecule has 2 aromatic carbocycles. The number of ether oxygens (including phenoxy) is 1. The van der Waals surface area contributed by atoms with Gasteiger partial charge in [0.15, 0.2) is 0 Å². The second-order valence-electron chi connectivity index (χ2n) is 7.09. The van der Waals surface area contributed by atoms with Crippen molar-refractivity contribution in [3.63, 3.8) is 0 Å². The molecule has 2 aromatic rings. The Bertz CT molecular complexity index is 1030. The molecular weight excluding hydrogens is 394 g/mol. The van der Waals surface area contributed by atoms with Gasteiger partial charge in [0.25, 0.3) is 5.91 Å². The Morgan fingerprint density at radius 2 is 2.10 bits per heavy atom. The third kappa shape index (κ3) is 4.24. The molecular formula is C24H25N3O2S. The summed E-state index contributed by atoms with van der Waals surface area (Å²) in [6, 6.07) is 13.8. The van der Waals surface area contributed by atoms with E-state index in [9.17, 15) is 4.79 Å². The summed E-state index contributed by atoms with van der Waals surface area (Å²) in [5, 5.41) is 2.99. The number of amides is 1. The number of rotatable bonds is 5. The lowest BCUT2D eigenvalue weighted by Crippen LogP contribution is -2.33. The average Bonchev–Trinajstić information content (AvgIpc) is 2.82. The van der Waals surface area contributed by atoms with Crippen molar-refractivity contribution < 1.29 is 9.53 Å². The molecule has 4 rings (SSSR count). The molecule has 0 aromatic heterocycles. The molecule has 0 saturated carbocycles. The minimum absolute atomic E-state index is 0.116. The van der Waals surface area contributed by atoms with Crippen LogP contribution in [0, 0.1) is 0 Å². The van der Waals surface area contributed by atoms with Gasteiger partial charge in [0.05, 0.1) is 12.2 Å². The quantitative estimate of drug-likeness (QED) is 0.710. The van der Waals surface area contributed by atoms with Gasteiger partial charge in [0, 0.05) is 22.7 Å². The third-order valence-electron chi connectivity index (χ3n) is 5.25. The second kappa shape index (κ2) is 9.13. The molecule has 6 heteroatoms. The van der Waals surface area contributed by atoms with E-state index >= 15 is 0 Å². The molecule has 1 aliphatic heterocycles. The van der Waals surface area contributed by atoms with E-state index in [0.717, 1.165) is 35.5 Å². The molecule has 1 amide bonds. The lowest BCUT2D eigenvalue weighted by molar-refractivity contribution is 0.0950. The van der Waals surface area contributed by atoms with Crippen LogP contribution in [-0.2, 0) is 6.54 Å². The second-order valence-corrected chi connectivity index (χ2v) is 7.97. The molecule has 0 unspecified atom stereocenters. The zero-order valence-electron chi connectivity index (χ0n) is 16.9. The number of benzene rings is 2. The van der Waals surface area contributed by atoms with Crippen LogP contribution in [0.5, 0.6) is 5.75 Å². The van der Waals surface area contributed by atoms with Gasteiger partial charge in [-0.25, -0.2) is 0 Å². The molecule has 0 bridgehead atoms. The number of nitrogens with two attached hydrogens (primary N) is 1. The highest BCUT2D eigenvalue weighted by Crippen LogP contribution is 2.37. The zero-order chi connectivity index (χ0) is 20.9. The van der Waals surface area contributed by atoms with Crippen LogP contribution in [0.4, 0.5) is 5.69 Å². The molecule has 1 aliphatic carbocycles. The van der Waals surface area contributed by atoms with Crippen LogP contribution in [0.3, 0.4) is 0 Å². The fraction of sp³-hybridized carbons (Fsp3) is 0.208. The molecule has 1 heterocycles. The number of nitrogens with zero attached hydrogens (tertiary/aromatic N) is 1. The summed E-state index contributed by atoms with van der Waals surface area (Å²) < 4.78 is 5.87. The number of carbonyl (C=O) groups is 1. The SMILES string of the molecule is CSc1ccc(CNC(=O)c2ccc3c(c2)OCCN3C2=CC=CC/C2=C\N)cc1. The van der Waals surface area contributed by atoms with Crippen LogP contribution in [0.15, 0.2) is 83.1 Å². The third-order valence-corrected chi connectivity index (χ3v) is 5.99. The minimum Gasteiger partial charge on any atom is -0.490 e. The van der Waals surface area contributed by atoms with Crippen molar-refractivity contribution in [3.8, 4) is 5.75 Å². The summed E-state index contributed by atoms with van der Waals surface area (Å²) in [6.07, 6.45) is 10.7. The Morgan fingerprint density at radius 1 is 1.27 bits per heavy atom. The van der Waals surface area contributed by atoms with Crippen molar-refractivity contribution in [1.29, 1.82) is 0 Å². The van der Waals surface area contributed by atoms with Crippen molar-refractivity contribution in [2.24, 2.45) is 5.73 Å². The number of fused-ring (bicyclic) bond motifs is 1. The van der Waals surface area contributed by atoms with Gasteiger partial charge in [-0.05, 0) is 66.4 Å². The van der Waals surface area contributed by atoms with Crippen molar-refractivity contribution in [2.45, 2.75) is 17.9 Å². The van der Waals surface area contributed by atoms with Gasteiger partial charge in [-0.15, -0.1) is 11.8 Å². The smallest absolute Gasteiger partial charge is 0.251 e. The van der Waals surface area contributed by atoms with Crippen molar-refractivity contribution in [2.75, 3.05) is 24.3 Å². The van der Waals surface area contributed by atoms with E-state index in [1.807, 2.05) is 42.7 Å². The van der Waals surface area contributed by atoms with Gasteiger partial charge in [-0.2, -0.15) is 0 Å². The van der Waals surface area contributed by atoms with E-state index in [1.54, 1.807) is 18.0 Å². The molecule has 0 radical (unpaired) electrons. The van der Waals surface area contributed by atoms with Gasteiger partial charge < -0.3 is 20.7 Å². The molecule has 30 heavy (non-hydrogen) atoms. The molecule has 0 atom stereocenters. The molecule has 5 nitrogen and oxygen atoms in total. The Hall–Kier alpha value is -3.12. The zero-order valence-corrected chi connectivity index (χ0v) is 17.7. The maximum absolute atomic E-state index is 12.7. The maximum atomic E-state index is 12.7. The number of allylic oxidation sites excluding steroid dienone is 4. The Balaban J connectivity index is 1.49. The minimum atomic E-state index is -0.116. The number of anilines is 1. The predicted octanol–water partition coefficient (Wildman–Crippen LogP) is 4.22.